The molecule has 0 saturated carbocycles. The zero-order chi connectivity index (χ0) is 34.1. The molecule has 0 aliphatic carbocycles. The number of carboxylic acids is 1. The molecule has 10 nitrogen and oxygen atoms in total. The summed E-state index contributed by atoms with van der Waals surface area (Å²) in [5, 5.41) is 8.84. The molecule has 46 heavy (non-hydrogen) atoms. The van der Waals surface area contributed by atoms with Gasteiger partial charge in [-0.25, -0.2) is 4.57 Å². The number of rotatable bonds is 35. The van der Waals surface area contributed by atoms with Crippen molar-refractivity contribution in [2.45, 2.75) is 174 Å². The maximum Gasteiger partial charge on any atom is 0.472 e. The van der Waals surface area contributed by atoms with E-state index in [-0.39, 0.29) is 13.0 Å². The van der Waals surface area contributed by atoms with Crippen molar-refractivity contribution in [3.05, 3.63) is 12.2 Å². The van der Waals surface area contributed by atoms with Crippen molar-refractivity contribution in [1.82, 2.24) is 0 Å². The number of aliphatic carboxylic acids is 1. The largest absolute Gasteiger partial charge is 0.480 e. The molecule has 0 amide bonds. The highest BCUT2D eigenvalue weighted by Crippen LogP contribution is 2.43. The van der Waals surface area contributed by atoms with E-state index in [0.29, 0.717) is 13.0 Å². The summed E-state index contributed by atoms with van der Waals surface area (Å²) in [6, 6.07) is -1.47. The molecular formula is C35H68NO9P. The van der Waals surface area contributed by atoms with Crippen LogP contribution in [0.2, 0.25) is 0 Å². The first-order valence-electron chi connectivity index (χ1n) is 18.2. The molecular weight excluding hydrogens is 609 g/mol. The number of hydrogen-bond acceptors (Lipinski definition) is 8. The Balaban J connectivity index is 4.27. The maximum absolute atomic E-state index is 12.5. The van der Waals surface area contributed by atoms with E-state index in [0.717, 1.165) is 51.4 Å². The van der Waals surface area contributed by atoms with E-state index in [9.17, 15) is 19.0 Å². The SMILES string of the molecule is CCCCCCCCC/C=C\CCCCCCCC(=O)OC(COCCCCCCCCCC)COP(=O)(O)OCC(N)C(=O)O. The number of unbranched alkanes of at least 4 members (excludes halogenated alkanes) is 19. The second-order valence-corrected chi connectivity index (χ2v) is 13.8. The molecule has 0 aromatic carbocycles. The van der Waals surface area contributed by atoms with Gasteiger partial charge in [-0.15, -0.1) is 0 Å². The molecule has 0 rings (SSSR count). The number of hydrogen-bond donors (Lipinski definition) is 3. The third-order valence-corrected chi connectivity index (χ3v) is 8.75. The van der Waals surface area contributed by atoms with Crippen LogP contribution in [0.3, 0.4) is 0 Å². The number of ether oxygens (including phenoxy) is 2. The number of nitrogens with two attached hydrogens (primary N) is 1. The molecule has 4 N–H and O–H groups in total. The average molecular weight is 678 g/mol. The summed E-state index contributed by atoms with van der Waals surface area (Å²) in [4.78, 5) is 33.3. The van der Waals surface area contributed by atoms with Crippen LogP contribution in [-0.2, 0) is 32.7 Å². The number of carbonyl (C=O) groups is 2. The van der Waals surface area contributed by atoms with Gasteiger partial charge in [0, 0.05) is 13.0 Å². The lowest BCUT2D eigenvalue weighted by Crippen LogP contribution is -2.34. The molecule has 0 radical (unpaired) electrons. The smallest absolute Gasteiger partial charge is 0.472 e. The quantitative estimate of drug-likeness (QED) is 0.0256. The Hall–Kier alpha value is -1.29. The van der Waals surface area contributed by atoms with Crippen LogP contribution in [-0.4, -0.2) is 60.5 Å². The van der Waals surface area contributed by atoms with Crippen LogP contribution in [0.4, 0.5) is 0 Å². The third-order valence-electron chi connectivity index (χ3n) is 7.79. The van der Waals surface area contributed by atoms with Gasteiger partial charge in [-0.05, 0) is 38.5 Å². The minimum atomic E-state index is -4.60. The lowest BCUT2D eigenvalue weighted by atomic mass is 10.1. The van der Waals surface area contributed by atoms with Crippen molar-refractivity contribution in [3.63, 3.8) is 0 Å². The molecule has 0 aromatic heterocycles. The van der Waals surface area contributed by atoms with Crippen LogP contribution in [0, 0.1) is 0 Å². The predicted molar refractivity (Wildman–Crippen MR) is 185 cm³/mol. The molecule has 0 aliphatic rings. The van der Waals surface area contributed by atoms with Crippen LogP contribution < -0.4 is 5.73 Å². The molecule has 0 saturated heterocycles. The van der Waals surface area contributed by atoms with E-state index in [1.165, 1.54) is 83.5 Å². The third kappa shape index (κ3) is 31.3. The lowest BCUT2D eigenvalue weighted by molar-refractivity contribution is -0.154. The number of carbonyl (C=O) groups excluding carboxylic acids is 1. The van der Waals surface area contributed by atoms with Gasteiger partial charge in [0.1, 0.15) is 12.1 Å². The Kier molecular flexibility index (Phi) is 31.4. The topological polar surface area (TPSA) is 155 Å². The van der Waals surface area contributed by atoms with Crippen molar-refractivity contribution in [1.29, 1.82) is 0 Å². The highest BCUT2D eigenvalue weighted by Gasteiger charge is 2.27. The minimum Gasteiger partial charge on any atom is -0.480 e. The molecule has 0 spiro atoms. The van der Waals surface area contributed by atoms with Gasteiger partial charge in [0.15, 0.2) is 0 Å². The summed E-state index contributed by atoms with van der Waals surface area (Å²) in [5.41, 5.74) is 5.32. The Morgan fingerprint density at radius 1 is 0.674 bits per heavy atom. The highest BCUT2D eigenvalue weighted by molar-refractivity contribution is 7.47. The summed E-state index contributed by atoms with van der Waals surface area (Å²) in [5.74, 6) is -1.79. The van der Waals surface area contributed by atoms with Gasteiger partial charge in [0.05, 0.1) is 19.8 Å². The van der Waals surface area contributed by atoms with Gasteiger partial charge in [-0.2, -0.15) is 0 Å². The molecule has 0 heterocycles. The Morgan fingerprint density at radius 2 is 1.13 bits per heavy atom. The molecule has 0 bridgehead atoms. The van der Waals surface area contributed by atoms with Crippen molar-refractivity contribution in [3.8, 4) is 0 Å². The molecule has 0 aliphatic heterocycles. The van der Waals surface area contributed by atoms with Gasteiger partial charge in [0.25, 0.3) is 0 Å². The molecule has 3 unspecified atom stereocenters. The fourth-order valence-electron chi connectivity index (χ4n) is 4.89. The van der Waals surface area contributed by atoms with Crippen LogP contribution in [0.1, 0.15) is 162 Å². The molecule has 3 atom stereocenters. The van der Waals surface area contributed by atoms with E-state index < -0.39 is 45.1 Å². The molecule has 11 heteroatoms. The van der Waals surface area contributed by atoms with Crippen molar-refractivity contribution in [2.75, 3.05) is 26.4 Å². The molecule has 272 valence electrons. The van der Waals surface area contributed by atoms with Crippen LogP contribution in [0.5, 0.6) is 0 Å². The maximum atomic E-state index is 12.5. The molecule has 0 fully saturated rings. The number of phosphoric acid groups is 1. The number of phosphoric ester groups is 1. The first-order chi connectivity index (χ1) is 22.2. The summed E-state index contributed by atoms with van der Waals surface area (Å²) in [7, 11) is -4.60. The Morgan fingerprint density at radius 3 is 1.65 bits per heavy atom. The fourth-order valence-corrected chi connectivity index (χ4v) is 5.67. The monoisotopic (exact) mass is 677 g/mol. The van der Waals surface area contributed by atoms with E-state index in [4.69, 9.17) is 24.8 Å². The van der Waals surface area contributed by atoms with Gasteiger partial charge < -0.3 is 25.2 Å². The summed E-state index contributed by atoms with van der Waals surface area (Å²) in [6.45, 7) is 3.83. The van der Waals surface area contributed by atoms with Gasteiger partial charge in [-0.3, -0.25) is 18.6 Å². The zero-order valence-corrected chi connectivity index (χ0v) is 30.1. The first kappa shape index (κ1) is 44.7. The highest BCUT2D eigenvalue weighted by atomic mass is 31.2. The van der Waals surface area contributed by atoms with Gasteiger partial charge in [-0.1, -0.05) is 129 Å². The van der Waals surface area contributed by atoms with E-state index >= 15 is 0 Å². The molecule has 0 aromatic rings. The van der Waals surface area contributed by atoms with Gasteiger partial charge in [0.2, 0.25) is 0 Å². The van der Waals surface area contributed by atoms with E-state index in [2.05, 4.69) is 30.5 Å². The Bertz CT molecular complexity index is 796. The second-order valence-electron chi connectivity index (χ2n) is 12.4. The fraction of sp³-hybridized carbons (Fsp3) is 0.886. The standard InChI is InChI=1S/C35H68NO9P/c1-3-5-7-9-11-13-14-15-16-17-18-19-20-21-23-25-27-34(37)45-32(29-42-28-26-24-22-12-10-8-6-4-2)30-43-46(40,41)44-31-33(36)35(38)39/h16-17,32-33H,3-15,18-31,36H2,1-2H3,(H,38,39)(H,40,41)/b17-16-. The van der Waals surface area contributed by atoms with Crippen LogP contribution in [0.25, 0.3) is 0 Å². The van der Waals surface area contributed by atoms with E-state index in [1.54, 1.807) is 0 Å². The number of allylic oxidation sites excluding steroid dienone is 2. The summed E-state index contributed by atoms with van der Waals surface area (Å²) >= 11 is 0. The van der Waals surface area contributed by atoms with Crippen LogP contribution >= 0.6 is 7.82 Å². The van der Waals surface area contributed by atoms with E-state index in [1.807, 2.05) is 0 Å². The predicted octanol–water partition coefficient (Wildman–Crippen LogP) is 9.03. The summed E-state index contributed by atoms with van der Waals surface area (Å²) in [6.07, 6.45) is 29.9. The first-order valence-corrected chi connectivity index (χ1v) is 19.7. The second kappa shape index (κ2) is 32.3. The van der Waals surface area contributed by atoms with Crippen LogP contribution in [0.15, 0.2) is 12.2 Å². The normalized spacial score (nSPS) is 14.3. The van der Waals surface area contributed by atoms with Gasteiger partial charge >= 0.3 is 19.8 Å². The Labute approximate surface area is 280 Å². The van der Waals surface area contributed by atoms with Crippen molar-refractivity contribution in [2.24, 2.45) is 5.73 Å². The van der Waals surface area contributed by atoms with Crippen molar-refractivity contribution >= 4 is 19.8 Å². The average Bonchev–Trinajstić information content (AvgIpc) is 3.03. The lowest BCUT2D eigenvalue weighted by Gasteiger charge is -2.20. The summed E-state index contributed by atoms with van der Waals surface area (Å²) < 4.78 is 33.1. The van der Waals surface area contributed by atoms with Crippen molar-refractivity contribution < 1.29 is 42.7 Å². The minimum absolute atomic E-state index is 0.0172. The number of esters is 1. The number of carboxylic acid groups (broad SMARTS) is 1. The zero-order valence-electron chi connectivity index (χ0n) is 29.2.